The van der Waals surface area contributed by atoms with Gasteiger partial charge in [-0.25, -0.2) is 4.79 Å². The summed E-state index contributed by atoms with van der Waals surface area (Å²) in [4.78, 5) is 17.0. The van der Waals surface area contributed by atoms with Gasteiger partial charge in [-0.2, -0.15) is 12.7 Å². The number of fused-ring (bicyclic) bond motifs is 3. The Hall–Kier alpha value is -1.68. The number of H-pyrrole nitrogens is 1. The molecule has 3 heterocycles. The molecular weight excluding hydrogens is 463 g/mol. The van der Waals surface area contributed by atoms with E-state index in [0.29, 0.717) is 59.1 Å². The number of nitrogens with one attached hydrogen (secondary N) is 2. The van der Waals surface area contributed by atoms with Crippen LogP contribution in [0, 0.1) is 5.92 Å². The first-order valence-corrected chi connectivity index (χ1v) is 12.4. The zero-order valence-electron chi connectivity index (χ0n) is 17.7. The van der Waals surface area contributed by atoms with E-state index in [9.17, 15) is 13.2 Å². The Kier molecular flexibility index (Phi) is 5.83. The minimum Gasteiger partial charge on any atom is -0.444 e. The van der Waals surface area contributed by atoms with Crippen LogP contribution in [0.3, 0.4) is 0 Å². The average molecular weight is 489 g/mol. The van der Waals surface area contributed by atoms with Gasteiger partial charge >= 0.3 is 16.3 Å². The molecule has 31 heavy (non-hydrogen) atoms. The van der Waals surface area contributed by atoms with Gasteiger partial charge in [0.1, 0.15) is 5.60 Å². The van der Waals surface area contributed by atoms with E-state index in [1.165, 1.54) is 4.31 Å². The number of amides is 1. The minimum atomic E-state index is -3.71. The molecule has 11 heteroatoms. The number of aromatic nitrogens is 1. The first-order chi connectivity index (χ1) is 14.4. The Morgan fingerprint density at radius 1 is 1.23 bits per heavy atom. The number of rotatable bonds is 2. The first-order valence-electron chi connectivity index (χ1n) is 10.2. The predicted octanol–water partition coefficient (Wildman–Crippen LogP) is 4.59. The van der Waals surface area contributed by atoms with Gasteiger partial charge in [0.05, 0.1) is 21.2 Å². The number of nitrogens with zero attached hydrogens (tertiary/aromatic N) is 2. The van der Waals surface area contributed by atoms with E-state index < -0.39 is 15.8 Å². The molecule has 0 saturated carbocycles. The Labute approximate surface area is 192 Å². The third kappa shape index (κ3) is 4.60. The van der Waals surface area contributed by atoms with Crippen LogP contribution in [0.1, 0.15) is 39.2 Å². The van der Waals surface area contributed by atoms with Crippen molar-refractivity contribution in [1.29, 1.82) is 0 Å². The molecule has 170 valence electrons. The minimum absolute atomic E-state index is 0.149. The smallest absolute Gasteiger partial charge is 0.410 e. The molecule has 0 unspecified atom stereocenters. The molecule has 1 saturated heterocycles. The summed E-state index contributed by atoms with van der Waals surface area (Å²) >= 11 is 12.6. The molecule has 0 spiro atoms. The SMILES string of the molecule is CC(C)(C)OC(=O)N1CCC(CN2Cc3cc(Cl)c4c(Cl)c[nH]c4c3NS2(=O)=O)CC1. The zero-order valence-corrected chi connectivity index (χ0v) is 20.0. The number of piperidine rings is 1. The maximum Gasteiger partial charge on any atom is 0.410 e. The maximum atomic E-state index is 12.9. The molecule has 2 aliphatic rings. The zero-order chi connectivity index (χ0) is 22.6. The molecule has 1 amide bonds. The van der Waals surface area contributed by atoms with Gasteiger partial charge in [0, 0.05) is 37.8 Å². The normalized spacial score (nSPS) is 19.8. The standard InChI is InChI=1S/C20H26Cl2N4O4S/c1-20(2,3)30-19(27)25-6-4-12(5-7-25)10-26-11-13-8-14(21)16-15(22)9-23-18(16)17(13)24-31(26,28)29/h8-9,12,23-24H,4-7,10-11H2,1-3H3. The molecule has 2 aromatic rings. The lowest BCUT2D eigenvalue weighted by Gasteiger charge is -2.36. The van der Waals surface area contributed by atoms with E-state index >= 15 is 0 Å². The van der Waals surface area contributed by atoms with Crippen molar-refractivity contribution < 1.29 is 17.9 Å². The van der Waals surface area contributed by atoms with Crippen LogP contribution in [0.2, 0.25) is 10.0 Å². The lowest BCUT2D eigenvalue weighted by Crippen LogP contribution is -2.46. The summed E-state index contributed by atoms with van der Waals surface area (Å²) in [6.07, 6.45) is 2.70. The summed E-state index contributed by atoms with van der Waals surface area (Å²) in [6.45, 7) is 7.21. The Balaban J connectivity index is 1.46. The van der Waals surface area contributed by atoms with Crippen molar-refractivity contribution in [2.45, 2.75) is 45.8 Å². The van der Waals surface area contributed by atoms with Gasteiger partial charge in [-0.05, 0) is 51.2 Å². The number of hydrogen-bond donors (Lipinski definition) is 2. The summed E-state index contributed by atoms with van der Waals surface area (Å²) in [6, 6.07) is 1.76. The molecule has 2 N–H and O–H groups in total. The second-order valence-corrected chi connectivity index (χ2v) is 11.6. The van der Waals surface area contributed by atoms with Crippen molar-refractivity contribution >= 4 is 56.1 Å². The van der Waals surface area contributed by atoms with Crippen molar-refractivity contribution in [2.75, 3.05) is 24.4 Å². The molecule has 0 bridgehead atoms. The quantitative estimate of drug-likeness (QED) is 0.645. The second kappa shape index (κ2) is 8.03. The van der Waals surface area contributed by atoms with Crippen LogP contribution in [0.5, 0.6) is 0 Å². The van der Waals surface area contributed by atoms with E-state index in [-0.39, 0.29) is 18.6 Å². The third-order valence-corrected chi connectivity index (χ3v) is 7.60. The topological polar surface area (TPSA) is 94.7 Å². The Morgan fingerprint density at radius 3 is 2.55 bits per heavy atom. The Morgan fingerprint density at radius 2 is 1.90 bits per heavy atom. The van der Waals surface area contributed by atoms with Crippen LogP contribution in [-0.4, -0.2) is 53.9 Å². The fourth-order valence-electron chi connectivity index (χ4n) is 4.07. The lowest BCUT2D eigenvalue weighted by molar-refractivity contribution is 0.0177. The van der Waals surface area contributed by atoms with Crippen molar-refractivity contribution in [3.8, 4) is 0 Å². The number of anilines is 1. The second-order valence-electron chi connectivity index (χ2n) is 9.09. The number of carbonyl (C=O) groups excluding carboxylic acids is 1. The van der Waals surface area contributed by atoms with Gasteiger partial charge in [0.15, 0.2) is 0 Å². The van der Waals surface area contributed by atoms with Crippen molar-refractivity contribution in [3.63, 3.8) is 0 Å². The molecule has 2 aliphatic heterocycles. The van der Waals surface area contributed by atoms with Crippen molar-refractivity contribution in [1.82, 2.24) is 14.2 Å². The van der Waals surface area contributed by atoms with E-state index in [1.54, 1.807) is 17.2 Å². The molecule has 1 aromatic heterocycles. The van der Waals surface area contributed by atoms with Crippen LogP contribution < -0.4 is 4.72 Å². The number of hydrogen-bond acceptors (Lipinski definition) is 4. The van der Waals surface area contributed by atoms with Crippen molar-refractivity contribution in [3.05, 3.63) is 27.9 Å². The lowest BCUT2D eigenvalue weighted by atomic mass is 9.97. The van der Waals surface area contributed by atoms with Crippen LogP contribution in [0.25, 0.3) is 10.9 Å². The summed E-state index contributed by atoms with van der Waals surface area (Å²) < 4.78 is 35.4. The van der Waals surface area contributed by atoms with Gasteiger partial charge in [0.2, 0.25) is 0 Å². The highest BCUT2D eigenvalue weighted by Crippen LogP contribution is 2.40. The summed E-state index contributed by atoms with van der Waals surface area (Å²) in [7, 11) is -3.71. The van der Waals surface area contributed by atoms with E-state index in [4.69, 9.17) is 27.9 Å². The van der Waals surface area contributed by atoms with Gasteiger partial charge in [-0.3, -0.25) is 4.72 Å². The summed E-state index contributed by atoms with van der Waals surface area (Å²) in [5, 5.41) is 1.53. The highest BCUT2D eigenvalue weighted by molar-refractivity contribution is 7.90. The molecule has 8 nitrogen and oxygen atoms in total. The molecule has 4 rings (SSSR count). The molecule has 1 aromatic carbocycles. The van der Waals surface area contributed by atoms with Crippen LogP contribution in [-0.2, 0) is 21.5 Å². The largest absolute Gasteiger partial charge is 0.444 e. The van der Waals surface area contributed by atoms with Crippen molar-refractivity contribution in [2.24, 2.45) is 5.92 Å². The molecule has 0 atom stereocenters. The monoisotopic (exact) mass is 488 g/mol. The van der Waals surface area contributed by atoms with Gasteiger partial charge in [-0.15, -0.1) is 0 Å². The molecule has 0 aliphatic carbocycles. The highest BCUT2D eigenvalue weighted by Gasteiger charge is 2.35. The molecule has 1 fully saturated rings. The first kappa shape index (κ1) is 22.5. The Bertz CT molecular complexity index is 1120. The van der Waals surface area contributed by atoms with E-state index in [2.05, 4.69) is 9.71 Å². The fraction of sp³-hybridized carbons (Fsp3) is 0.550. The van der Waals surface area contributed by atoms with E-state index in [1.807, 2.05) is 20.8 Å². The summed E-state index contributed by atoms with van der Waals surface area (Å²) in [5.41, 5.74) is 1.33. The van der Waals surface area contributed by atoms with Gasteiger partial charge in [-0.1, -0.05) is 23.2 Å². The number of likely N-dealkylation sites (tertiary alicyclic amines) is 1. The average Bonchev–Trinajstić information content (AvgIpc) is 3.05. The molecular formula is C20H26Cl2N4O4S. The summed E-state index contributed by atoms with van der Waals surface area (Å²) in [5.74, 6) is 0.149. The number of halogens is 2. The van der Waals surface area contributed by atoms with Crippen LogP contribution in [0.15, 0.2) is 12.3 Å². The number of benzene rings is 1. The third-order valence-electron chi connectivity index (χ3n) is 5.59. The maximum absolute atomic E-state index is 12.9. The number of aromatic amines is 1. The van der Waals surface area contributed by atoms with Gasteiger partial charge < -0.3 is 14.6 Å². The van der Waals surface area contributed by atoms with Crippen LogP contribution in [0.4, 0.5) is 10.5 Å². The fourth-order valence-corrected chi connectivity index (χ4v) is 6.04. The number of carbonyl (C=O) groups is 1. The van der Waals surface area contributed by atoms with Gasteiger partial charge in [0.25, 0.3) is 0 Å². The predicted molar refractivity (Wildman–Crippen MR) is 122 cm³/mol. The van der Waals surface area contributed by atoms with E-state index in [0.717, 1.165) is 5.56 Å². The number of ether oxygens (including phenoxy) is 1. The highest BCUT2D eigenvalue weighted by atomic mass is 35.5. The van der Waals surface area contributed by atoms with Crippen LogP contribution >= 0.6 is 23.2 Å². The molecule has 0 radical (unpaired) electrons.